The molecule has 0 bridgehead atoms. The summed E-state index contributed by atoms with van der Waals surface area (Å²) in [4.78, 5) is 85.8. The Morgan fingerprint density at radius 2 is 1.12 bits per heavy atom. The van der Waals surface area contributed by atoms with Gasteiger partial charge < -0.3 is 31.6 Å². The van der Waals surface area contributed by atoms with Gasteiger partial charge in [0.2, 0.25) is 59.4 Å². The van der Waals surface area contributed by atoms with Crippen molar-refractivity contribution in [3.63, 3.8) is 0 Å². The maximum absolute atomic E-state index is 12.7. The molecule has 6 N–H and O–H groups in total. The first-order chi connectivity index (χ1) is 19.7. The molecule has 0 saturated heterocycles. The fourth-order valence-electron chi connectivity index (χ4n) is 3.58. The van der Waals surface area contributed by atoms with Crippen LogP contribution in [0.3, 0.4) is 0 Å². The molecule has 17 heteroatoms. The van der Waals surface area contributed by atoms with Crippen molar-refractivity contribution in [2.75, 3.05) is 32.7 Å². The second kappa shape index (κ2) is 21.4. The van der Waals surface area contributed by atoms with Crippen molar-refractivity contribution in [2.24, 2.45) is 5.41 Å². The molecular formula is C25H42B3N7O7. The van der Waals surface area contributed by atoms with Crippen LogP contribution in [0.25, 0.3) is 0 Å². The second-order valence-electron chi connectivity index (χ2n) is 10.8. The van der Waals surface area contributed by atoms with E-state index in [1.54, 1.807) is 0 Å². The molecule has 0 aliphatic heterocycles. The lowest BCUT2D eigenvalue weighted by atomic mass is 9.88. The average molecular weight is 585 g/mol. The molecule has 0 aromatic heterocycles. The molecule has 0 saturated carbocycles. The first-order valence-electron chi connectivity index (χ1n) is 13.8. The monoisotopic (exact) mass is 585 g/mol. The van der Waals surface area contributed by atoms with E-state index in [2.05, 4.69) is 16.0 Å². The van der Waals surface area contributed by atoms with Crippen LogP contribution in [0, 0.1) is 5.41 Å². The van der Waals surface area contributed by atoms with Gasteiger partial charge >= 0.3 is 0 Å². The highest BCUT2D eigenvalue weighted by molar-refractivity contribution is 6.17. The van der Waals surface area contributed by atoms with Gasteiger partial charge in [0.25, 0.3) is 0 Å². The zero-order chi connectivity index (χ0) is 32.1. The van der Waals surface area contributed by atoms with E-state index in [9.17, 15) is 33.6 Å². The Bertz CT molecular complexity index is 933. The number of hydrogen-bond acceptors (Lipinski definition) is 8. The number of unbranched alkanes of at least 4 members (excludes halogenated alkanes) is 3. The van der Waals surface area contributed by atoms with Gasteiger partial charge in [0.05, 0.1) is 26.1 Å². The molecule has 14 nitrogen and oxygen atoms in total. The molecule has 0 unspecified atom stereocenters. The summed E-state index contributed by atoms with van der Waals surface area (Å²) in [5, 5.41) is 13.4. The molecule has 0 fully saturated rings. The standard InChI is InChI=1S/C25H42B3N7O7/c1-25(2,3)18(36)9-5-4-7-11-29-21(39)14-35(15-22(40)30-12-8-6-10-19(37)32-26)16-23(41)31-17(24(42)34-28)13-20(38)33-27/h17H,4-16H2,1-3H3,(H,29,39)(H,30,40)(H,31,41)(H,32,37)(H,33,38)(H,34,42)/t17-/m0/s1. The highest BCUT2D eigenvalue weighted by Crippen LogP contribution is 2.18. The van der Waals surface area contributed by atoms with Crippen LogP contribution in [0.1, 0.15) is 72.1 Å². The number of carbonyl (C=O) groups excluding carboxylic acids is 7. The van der Waals surface area contributed by atoms with Crippen LogP contribution < -0.4 is 31.6 Å². The van der Waals surface area contributed by atoms with Crippen LogP contribution in [0.2, 0.25) is 0 Å². The van der Waals surface area contributed by atoms with Crippen molar-refractivity contribution in [3.05, 3.63) is 0 Å². The summed E-state index contributed by atoms with van der Waals surface area (Å²) >= 11 is 0. The lowest BCUT2D eigenvalue weighted by Crippen LogP contribution is -2.52. The largest absolute Gasteiger partial charge is 0.409 e. The predicted octanol–water partition coefficient (Wildman–Crippen LogP) is -2.66. The van der Waals surface area contributed by atoms with Gasteiger partial charge in [-0.25, -0.2) is 0 Å². The predicted molar refractivity (Wildman–Crippen MR) is 157 cm³/mol. The SMILES string of the molecule is [B]NC(=O)CCCCNC(=O)CN(CC(=O)NCCCCCC(=O)C(C)(C)C)CC(=O)N[C@@H](CC(=O)N[B])C(=O)N[B]. The van der Waals surface area contributed by atoms with Crippen molar-refractivity contribution in [3.8, 4) is 0 Å². The molecular weight excluding hydrogens is 543 g/mol. The Kier molecular flexibility index (Phi) is 19.7. The van der Waals surface area contributed by atoms with Gasteiger partial charge in [-0.3, -0.25) is 38.5 Å². The smallest absolute Gasteiger partial charge is 0.234 e. The van der Waals surface area contributed by atoms with Crippen molar-refractivity contribution in [2.45, 2.75) is 78.2 Å². The Morgan fingerprint density at radius 1 is 0.619 bits per heavy atom. The van der Waals surface area contributed by atoms with E-state index in [1.807, 2.05) is 36.5 Å². The van der Waals surface area contributed by atoms with Gasteiger partial charge in [-0.15, -0.1) is 0 Å². The fraction of sp³-hybridized carbons (Fsp3) is 0.720. The number of nitrogens with one attached hydrogen (secondary N) is 6. The number of Topliss-reactive ketones (excluding diaryl/α,β-unsaturated/α-hetero) is 1. The molecule has 0 aromatic carbocycles. The third-order valence-corrected chi connectivity index (χ3v) is 6.00. The summed E-state index contributed by atoms with van der Waals surface area (Å²) < 4.78 is 0. The van der Waals surface area contributed by atoms with E-state index < -0.39 is 48.5 Å². The van der Waals surface area contributed by atoms with Gasteiger partial charge in [0.15, 0.2) is 0 Å². The first-order valence-corrected chi connectivity index (χ1v) is 13.8. The van der Waals surface area contributed by atoms with Gasteiger partial charge in [0, 0.05) is 31.3 Å². The third-order valence-electron chi connectivity index (χ3n) is 6.00. The summed E-state index contributed by atoms with van der Waals surface area (Å²) in [6, 6.07) is -1.34. The van der Waals surface area contributed by atoms with E-state index in [0.717, 1.165) is 6.42 Å². The normalized spacial score (nSPS) is 11.6. The minimum atomic E-state index is -1.34. The number of ketones is 1. The topological polar surface area (TPSA) is 195 Å². The molecule has 0 aromatic rings. The molecule has 228 valence electrons. The zero-order valence-corrected chi connectivity index (χ0v) is 24.8. The Balaban J connectivity index is 5.01. The van der Waals surface area contributed by atoms with Crippen LogP contribution in [-0.2, 0) is 33.6 Å². The molecule has 6 amide bonds. The third kappa shape index (κ3) is 18.9. The molecule has 0 spiro atoms. The molecule has 0 rings (SSSR count). The number of carbonyl (C=O) groups is 7. The molecule has 0 aliphatic rings. The highest BCUT2D eigenvalue weighted by atomic mass is 16.2. The van der Waals surface area contributed by atoms with Crippen molar-refractivity contribution >= 4 is 65.2 Å². The lowest BCUT2D eigenvalue weighted by Gasteiger charge is -2.23. The summed E-state index contributed by atoms with van der Waals surface area (Å²) in [5.74, 6) is -3.38. The first kappa shape index (κ1) is 38.6. The van der Waals surface area contributed by atoms with Crippen molar-refractivity contribution in [1.82, 2.24) is 36.5 Å². The Labute approximate surface area is 251 Å². The molecule has 0 aliphatic carbocycles. The molecule has 6 radical (unpaired) electrons. The van der Waals surface area contributed by atoms with E-state index in [0.29, 0.717) is 38.6 Å². The van der Waals surface area contributed by atoms with Gasteiger partial charge in [-0.1, -0.05) is 27.2 Å². The van der Waals surface area contributed by atoms with Crippen LogP contribution in [-0.4, -0.2) is 109 Å². The number of nitrogens with zero attached hydrogens (tertiary/aromatic N) is 1. The molecule has 1 atom stereocenters. The Hall–Kier alpha value is -3.36. The summed E-state index contributed by atoms with van der Waals surface area (Å²) in [6.45, 7) is 5.13. The number of rotatable bonds is 21. The average Bonchev–Trinajstić information content (AvgIpc) is 2.92. The van der Waals surface area contributed by atoms with Gasteiger partial charge in [0.1, 0.15) is 11.8 Å². The van der Waals surface area contributed by atoms with E-state index in [1.165, 1.54) is 4.90 Å². The van der Waals surface area contributed by atoms with Crippen molar-refractivity contribution in [1.29, 1.82) is 0 Å². The lowest BCUT2D eigenvalue weighted by molar-refractivity contribution is -0.132. The minimum absolute atomic E-state index is 0.176. The maximum atomic E-state index is 12.7. The van der Waals surface area contributed by atoms with E-state index >= 15 is 0 Å². The van der Waals surface area contributed by atoms with Gasteiger partial charge in [-0.05, 0) is 25.7 Å². The number of amides is 6. The molecule has 0 heterocycles. The van der Waals surface area contributed by atoms with Crippen molar-refractivity contribution < 1.29 is 33.6 Å². The zero-order valence-electron chi connectivity index (χ0n) is 24.8. The Morgan fingerprint density at radius 3 is 1.62 bits per heavy atom. The van der Waals surface area contributed by atoms with E-state index in [4.69, 9.17) is 23.9 Å². The van der Waals surface area contributed by atoms with Crippen LogP contribution in [0.5, 0.6) is 0 Å². The number of hydrogen-bond donors (Lipinski definition) is 6. The maximum Gasteiger partial charge on any atom is 0.234 e. The van der Waals surface area contributed by atoms with Crippen LogP contribution >= 0.6 is 0 Å². The van der Waals surface area contributed by atoms with Crippen LogP contribution in [0.4, 0.5) is 0 Å². The summed E-state index contributed by atoms with van der Waals surface area (Å²) in [5.41, 5.74) is -0.387. The highest BCUT2D eigenvalue weighted by Gasteiger charge is 2.25. The van der Waals surface area contributed by atoms with Crippen LogP contribution in [0.15, 0.2) is 0 Å². The summed E-state index contributed by atoms with van der Waals surface area (Å²) in [6.07, 6.45) is 3.25. The summed E-state index contributed by atoms with van der Waals surface area (Å²) in [7, 11) is 15.2. The quantitative estimate of drug-likeness (QED) is 0.0621. The second-order valence-corrected chi connectivity index (χ2v) is 10.8. The molecule has 42 heavy (non-hydrogen) atoms. The fourth-order valence-corrected chi connectivity index (χ4v) is 3.58. The van der Waals surface area contributed by atoms with Gasteiger partial charge in [-0.2, -0.15) is 0 Å². The minimum Gasteiger partial charge on any atom is -0.409 e. The van der Waals surface area contributed by atoms with E-state index in [-0.39, 0.29) is 43.2 Å².